The highest BCUT2D eigenvalue weighted by Crippen LogP contribution is 2.41. The van der Waals surface area contributed by atoms with Crippen molar-refractivity contribution in [3.05, 3.63) is 59.1 Å². The highest BCUT2D eigenvalue weighted by atomic mass is 35.5. The Kier molecular flexibility index (Phi) is 6.62. The minimum atomic E-state index is -0.750. The molecular weight excluding hydrogens is 532 g/mol. The van der Waals surface area contributed by atoms with Gasteiger partial charge in [-0.3, -0.25) is 9.78 Å². The average Bonchev–Trinajstić information content (AvgIpc) is 3.80. The van der Waals surface area contributed by atoms with Crippen molar-refractivity contribution in [2.24, 2.45) is 0 Å². The first-order valence-corrected chi connectivity index (χ1v) is 13.7. The molecule has 0 saturated heterocycles. The van der Waals surface area contributed by atoms with Gasteiger partial charge in [-0.1, -0.05) is 11.6 Å². The molecule has 11 heteroatoms. The SMILES string of the molecule is Cc1ccnc(Cn2c(-c3ccc(OCC(=O)N(C)CC4(O)CC4)cc3Cl)nc3c(OC4(C)CC4)ncnc32)c1. The van der Waals surface area contributed by atoms with Crippen LogP contribution in [0.5, 0.6) is 11.6 Å². The minimum Gasteiger partial charge on any atom is -0.484 e. The molecule has 208 valence electrons. The van der Waals surface area contributed by atoms with E-state index in [2.05, 4.69) is 21.9 Å². The van der Waals surface area contributed by atoms with Crippen molar-refractivity contribution < 1.29 is 19.4 Å². The van der Waals surface area contributed by atoms with E-state index >= 15 is 0 Å². The molecule has 2 saturated carbocycles. The van der Waals surface area contributed by atoms with Gasteiger partial charge >= 0.3 is 0 Å². The topological polar surface area (TPSA) is 115 Å². The van der Waals surface area contributed by atoms with E-state index in [1.807, 2.05) is 29.7 Å². The van der Waals surface area contributed by atoms with Gasteiger partial charge in [-0.25, -0.2) is 9.97 Å². The number of fused-ring (bicyclic) bond motifs is 1. The molecule has 0 bridgehead atoms. The Morgan fingerprint density at radius 1 is 1.15 bits per heavy atom. The van der Waals surface area contributed by atoms with Gasteiger partial charge in [0.25, 0.3) is 5.91 Å². The van der Waals surface area contributed by atoms with E-state index < -0.39 is 5.60 Å². The highest BCUT2D eigenvalue weighted by molar-refractivity contribution is 6.33. The van der Waals surface area contributed by atoms with Crippen molar-refractivity contribution in [3.8, 4) is 23.0 Å². The Bertz CT molecular complexity index is 1600. The predicted molar refractivity (Wildman–Crippen MR) is 149 cm³/mol. The van der Waals surface area contributed by atoms with E-state index in [0.717, 1.165) is 24.1 Å². The summed E-state index contributed by atoms with van der Waals surface area (Å²) < 4.78 is 13.9. The molecular formula is C29H31ClN6O4. The van der Waals surface area contributed by atoms with E-state index in [-0.39, 0.29) is 18.1 Å². The zero-order valence-electron chi connectivity index (χ0n) is 22.7. The van der Waals surface area contributed by atoms with Crippen molar-refractivity contribution in [2.45, 2.75) is 57.3 Å². The number of ether oxygens (including phenoxy) is 2. The molecule has 1 N–H and O–H groups in total. The van der Waals surface area contributed by atoms with Gasteiger partial charge < -0.3 is 24.0 Å². The van der Waals surface area contributed by atoms with Gasteiger partial charge in [0.1, 0.15) is 23.5 Å². The summed E-state index contributed by atoms with van der Waals surface area (Å²) in [5, 5.41) is 10.5. The summed E-state index contributed by atoms with van der Waals surface area (Å²) in [7, 11) is 1.66. The van der Waals surface area contributed by atoms with Crippen LogP contribution in [0.2, 0.25) is 5.02 Å². The maximum Gasteiger partial charge on any atom is 0.260 e. The molecule has 3 heterocycles. The van der Waals surface area contributed by atoms with Crippen molar-refractivity contribution in [2.75, 3.05) is 20.2 Å². The standard InChI is InChI=1S/C29H31ClN6O4/c1-18-6-11-31-19(12-18)14-36-25(34-24-26(36)32-17-33-27(24)40-28(2)7-8-28)21-5-4-20(13-22(21)30)39-15-23(37)35(3)16-29(38)9-10-29/h4-6,11-13,17,38H,7-10,14-16H2,1-3H3. The molecule has 4 aromatic rings. The number of rotatable bonds is 10. The Labute approximate surface area is 237 Å². The molecule has 40 heavy (non-hydrogen) atoms. The fourth-order valence-corrected chi connectivity index (χ4v) is 4.81. The van der Waals surface area contributed by atoms with Crippen LogP contribution in [0, 0.1) is 6.92 Å². The summed E-state index contributed by atoms with van der Waals surface area (Å²) in [5.41, 5.74) is 2.81. The first-order valence-electron chi connectivity index (χ1n) is 13.3. The lowest BCUT2D eigenvalue weighted by atomic mass is 10.2. The van der Waals surface area contributed by atoms with Gasteiger partial charge in [-0.2, -0.15) is 4.98 Å². The van der Waals surface area contributed by atoms with Crippen LogP contribution >= 0.6 is 11.6 Å². The second-order valence-electron chi connectivity index (χ2n) is 11.2. The fraction of sp³-hybridized carbons (Fsp3) is 0.414. The summed E-state index contributed by atoms with van der Waals surface area (Å²) in [4.78, 5) is 32.4. The number of nitrogens with zero attached hydrogens (tertiary/aromatic N) is 6. The number of aromatic nitrogens is 5. The van der Waals surface area contributed by atoms with Gasteiger partial charge in [0.2, 0.25) is 5.88 Å². The number of likely N-dealkylation sites (N-methyl/N-ethyl adjacent to an activating group) is 1. The van der Waals surface area contributed by atoms with Crippen molar-refractivity contribution in [3.63, 3.8) is 0 Å². The Hall–Kier alpha value is -3.76. The van der Waals surface area contributed by atoms with Gasteiger partial charge in [0.15, 0.2) is 17.8 Å². The van der Waals surface area contributed by atoms with Crippen molar-refractivity contribution >= 4 is 28.7 Å². The van der Waals surface area contributed by atoms with Gasteiger partial charge in [0, 0.05) is 25.4 Å². The molecule has 0 atom stereocenters. The maximum absolute atomic E-state index is 12.5. The Balaban J connectivity index is 1.30. The van der Waals surface area contributed by atoms with Gasteiger partial charge in [0.05, 0.1) is 22.9 Å². The second-order valence-corrected chi connectivity index (χ2v) is 11.6. The lowest BCUT2D eigenvalue weighted by Crippen LogP contribution is -2.38. The van der Waals surface area contributed by atoms with Crippen LogP contribution in [0.4, 0.5) is 0 Å². The van der Waals surface area contributed by atoms with E-state index in [9.17, 15) is 9.90 Å². The largest absolute Gasteiger partial charge is 0.484 e. The number of hydrogen-bond donors (Lipinski definition) is 1. The summed E-state index contributed by atoms with van der Waals surface area (Å²) in [6.07, 6.45) is 6.63. The average molecular weight is 563 g/mol. The van der Waals surface area contributed by atoms with E-state index in [0.29, 0.717) is 65.1 Å². The third-order valence-electron chi connectivity index (χ3n) is 7.42. The summed E-state index contributed by atoms with van der Waals surface area (Å²) >= 11 is 6.78. The summed E-state index contributed by atoms with van der Waals surface area (Å²) in [6.45, 7) is 4.64. The molecule has 0 radical (unpaired) electrons. The Morgan fingerprint density at radius 3 is 2.65 bits per heavy atom. The van der Waals surface area contributed by atoms with Crippen LogP contribution in [0.25, 0.3) is 22.6 Å². The first kappa shape index (κ1) is 26.5. The molecule has 0 unspecified atom stereocenters. The zero-order chi connectivity index (χ0) is 28.1. The van der Waals surface area contributed by atoms with Gasteiger partial charge in [-0.15, -0.1) is 0 Å². The van der Waals surface area contributed by atoms with Crippen LogP contribution in [-0.4, -0.2) is 71.8 Å². The molecule has 0 spiro atoms. The van der Waals surface area contributed by atoms with Crippen molar-refractivity contribution in [1.29, 1.82) is 0 Å². The number of halogens is 1. The number of aryl methyl sites for hydroxylation is 1. The molecule has 10 nitrogen and oxygen atoms in total. The van der Waals surface area contributed by atoms with Crippen molar-refractivity contribution in [1.82, 2.24) is 29.4 Å². The number of carbonyl (C=O) groups excluding carboxylic acids is 1. The van der Waals surface area contributed by atoms with Crippen LogP contribution < -0.4 is 9.47 Å². The molecule has 1 amide bonds. The highest BCUT2D eigenvalue weighted by Gasteiger charge is 2.42. The lowest BCUT2D eigenvalue weighted by molar-refractivity contribution is -0.133. The molecule has 2 aliphatic carbocycles. The van der Waals surface area contributed by atoms with Crippen LogP contribution in [0.1, 0.15) is 43.9 Å². The molecule has 0 aliphatic heterocycles. The monoisotopic (exact) mass is 562 g/mol. The fourth-order valence-electron chi connectivity index (χ4n) is 4.56. The van der Waals surface area contributed by atoms with Crippen LogP contribution in [-0.2, 0) is 11.3 Å². The molecule has 6 rings (SSSR count). The third kappa shape index (κ3) is 5.59. The maximum atomic E-state index is 12.5. The lowest BCUT2D eigenvalue weighted by Gasteiger charge is -2.20. The molecule has 2 aliphatic rings. The number of aliphatic hydroxyl groups is 1. The van der Waals surface area contributed by atoms with E-state index in [1.165, 1.54) is 11.2 Å². The number of amides is 1. The van der Waals surface area contributed by atoms with Gasteiger partial charge in [-0.05, 0) is 75.4 Å². The number of benzene rings is 1. The minimum absolute atomic E-state index is 0.158. The normalized spacial score (nSPS) is 16.5. The predicted octanol–water partition coefficient (Wildman–Crippen LogP) is 4.19. The summed E-state index contributed by atoms with van der Waals surface area (Å²) in [5.74, 6) is 1.27. The summed E-state index contributed by atoms with van der Waals surface area (Å²) in [6, 6.07) is 9.21. The second kappa shape index (κ2) is 10.0. The third-order valence-corrected chi connectivity index (χ3v) is 7.73. The zero-order valence-corrected chi connectivity index (χ0v) is 23.5. The molecule has 1 aromatic carbocycles. The van der Waals surface area contributed by atoms with E-state index in [4.69, 9.17) is 26.1 Å². The number of pyridine rings is 1. The van der Waals surface area contributed by atoms with Crippen LogP contribution in [0.15, 0.2) is 42.9 Å². The smallest absolute Gasteiger partial charge is 0.260 e. The first-order chi connectivity index (χ1) is 19.1. The number of imidazole rings is 1. The quantitative estimate of drug-likeness (QED) is 0.306. The van der Waals surface area contributed by atoms with Crippen LogP contribution in [0.3, 0.4) is 0 Å². The number of carbonyl (C=O) groups is 1. The molecule has 3 aromatic heterocycles. The number of hydrogen-bond acceptors (Lipinski definition) is 8. The molecule has 2 fully saturated rings. The van der Waals surface area contributed by atoms with E-state index in [1.54, 1.807) is 25.4 Å². The Morgan fingerprint density at radius 2 is 1.95 bits per heavy atom.